The van der Waals surface area contributed by atoms with Gasteiger partial charge in [-0.25, -0.2) is 4.79 Å². The topological polar surface area (TPSA) is 214 Å². The van der Waals surface area contributed by atoms with Gasteiger partial charge >= 0.3 is 5.97 Å². The van der Waals surface area contributed by atoms with Crippen molar-refractivity contribution in [2.75, 3.05) is 18.9 Å². The minimum absolute atomic E-state index is 0.0535. The molecule has 0 aliphatic heterocycles. The van der Waals surface area contributed by atoms with Crippen LogP contribution in [0.15, 0.2) is 0 Å². The number of carboxylic acids is 1. The molecule has 142 valence electrons. The highest BCUT2D eigenvalue weighted by atomic mass is 32.1. The Morgan fingerprint density at radius 2 is 1.64 bits per heavy atom. The molecule has 0 bridgehead atoms. The fourth-order valence-electron chi connectivity index (χ4n) is 1.50. The van der Waals surface area contributed by atoms with Crippen molar-refractivity contribution in [3.8, 4) is 0 Å². The van der Waals surface area contributed by atoms with E-state index >= 15 is 0 Å². The Morgan fingerprint density at radius 1 is 1.04 bits per heavy atom. The van der Waals surface area contributed by atoms with Crippen LogP contribution in [-0.2, 0) is 24.0 Å². The third-order valence-electron chi connectivity index (χ3n) is 2.81. The maximum Gasteiger partial charge on any atom is 0.328 e. The molecule has 9 N–H and O–H groups in total. The van der Waals surface area contributed by atoms with Gasteiger partial charge in [0.05, 0.1) is 25.6 Å². The first kappa shape index (κ1) is 22.6. The number of primary amides is 1. The number of nitrogens with two attached hydrogens (primary N) is 2. The standard InChI is InChI=1S/C12H21N5O7S/c13-5(4-25)10(21)15-2-9(20)16-6(1-8(14)19)11(22)17-7(3-18)12(23)24/h5-7,18,25H,1-4,13H2,(H2,14,19)(H,15,21)(H,16,20)(H,17,22)(H,23,24). The number of thiol groups is 1. The molecule has 0 spiro atoms. The normalized spacial score (nSPS) is 13.9. The number of hydrogen-bond acceptors (Lipinski definition) is 8. The van der Waals surface area contributed by atoms with E-state index in [-0.39, 0.29) is 5.75 Å². The van der Waals surface area contributed by atoms with E-state index in [0.717, 1.165) is 0 Å². The van der Waals surface area contributed by atoms with Crippen molar-refractivity contribution in [2.45, 2.75) is 24.5 Å². The fourth-order valence-corrected chi connectivity index (χ4v) is 1.66. The van der Waals surface area contributed by atoms with E-state index in [0.29, 0.717) is 0 Å². The molecule has 0 aliphatic carbocycles. The van der Waals surface area contributed by atoms with Crippen LogP contribution in [0.1, 0.15) is 6.42 Å². The monoisotopic (exact) mass is 379 g/mol. The van der Waals surface area contributed by atoms with Crippen molar-refractivity contribution in [3.63, 3.8) is 0 Å². The number of carbonyl (C=O) groups is 5. The molecule has 0 saturated carbocycles. The first-order chi connectivity index (χ1) is 11.6. The zero-order chi connectivity index (χ0) is 19.6. The van der Waals surface area contributed by atoms with Gasteiger partial charge in [-0.2, -0.15) is 12.6 Å². The summed E-state index contributed by atoms with van der Waals surface area (Å²) in [6.07, 6.45) is -0.612. The van der Waals surface area contributed by atoms with Crippen LogP contribution in [0.25, 0.3) is 0 Å². The van der Waals surface area contributed by atoms with Gasteiger partial charge in [0.1, 0.15) is 12.1 Å². The van der Waals surface area contributed by atoms with Crippen LogP contribution in [0.3, 0.4) is 0 Å². The van der Waals surface area contributed by atoms with Crippen molar-refractivity contribution in [2.24, 2.45) is 11.5 Å². The van der Waals surface area contributed by atoms with Crippen molar-refractivity contribution < 1.29 is 34.2 Å². The van der Waals surface area contributed by atoms with Gasteiger partial charge in [-0.1, -0.05) is 0 Å². The SMILES string of the molecule is NC(=O)CC(NC(=O)CNC(=O)C(N)CS)C(=O)NC(CO)C(=O)O. The smallest absolute Gasteiger partial charge is 0.328 e. The largest absolute Gasteiger partial charge is 0.480 e. The molecule has 3 atom stereocenters. The van der Waals surface area contributed by atoms with Crippen molar-refractivity contribution >= 4 is 42.2 Å². The molecule has 0 rings (SSSR count). The summed E-state index contributed by atoms with van der Waals surface area (Å²) in [5.41, 5.74) is 10.4. The summed E-state index contributed by atoms with van der Waals surface area (Å²) in [4.78, 5) is 56.9. The van der Waals surface area contributed by atoms with Gasteiger partial charge in [-0.3, -0.25) is 19.2 Å². The summed E-state index contributed by atoms with van der Waals surface area (Å²) in [7, 11) is 0. The van der Waals surface area contributed by atoms with Crippen LogP contribution in [0.2, 0.25) is 0 Å². The van der Waals surface area contributed by atoms with Gasteiger partial charge in [-0.15, -0.1) is 0 Å². The number of nitrogens with one attached hydrogen (secondary N) is 3. The Bertz CT molecular complexity index is 530. The first-order valence-electron chi connectivity index (χ1n) is 6.98. The molecule has 0 saturated heterocycles. The molecule has 0 aromatic heterocycles. The number of aliphatic carboxylic acids is 1. The number of hydrogen-bond donors (Lipinski definition) is 8. The Morgan fingerprint density at radius 3 is 2.08 bits per heavy atom. The Labute approximate surface area is 148 Å². The number of rotatable bonds is 11. The third kappa shape index (κ3) is 8.88. The molecule has 0 heterocycles. The van der Waals surface area contributed by atoms with Gasteiger partial charge in [0.2, 0.25) is 23.6 Å². The second-order valence-corrected chi connectivity index (χ2v) is 5.24. The van der Waals surface area contributed by atoms with Gasteiger partial charge in [0, 0.05) is 5.75 Å². The maximum absolute atomic E-state index is 12.0. The molecule has 4 amide bonds. The predicted octanol–water partition coefficient (Wildman–Crippen LogP) is -4.72. The Kier molecular flexibility index (Phi) is 10.2. The molecule has 3 unspecified atom stereocenters. The molecule has 0 aromatic carbocycles. The van der Waals surface area contributed by atoms with E-state index in [1.165, 1.54) is 0 Å². The highest BCUT2D eigenvalue weighted by Crippen LogP contribution is 1.95. The number of carboxylic acid groups (broad SMARTS) is 1. The predicted molar refractivity (Wildman–Crippen MR) is 87.2 cm³/mol. The van der Waals surface area contributed by atoms with Gasteiger partial charge in [0.25, 0.3) is 0 Å². The zero-order valence-electron chi connectivity index (χ0n) is 13.1. The second kappa shape index (κ2) is 11.2. The molecular weight excluding hydrogens is 358 g/mol. The van der Waals surface area contributed by atoms with Crippen LogP contribution in [0, 0.1) is 0 Å². The van der Waals surface area contributed by atoms with Crippen molar-refractivity contribution in [1.82, 2.24) is 16.0 Å². The molecule has 0 radical (unpaired) electrons. The average Bonchev–Trinajstić information content (AvgIpc) is 2.54. The van der Waals surface area contributed by atoms with E-state index in [1.807, 2.05) is 5.32 Å². The van der Waals surface area contributed by atoms with E-state index in [4.69, 9.17) is 21.7 Å². The number of aliphatic hydroxyl groups excluding tert-OH is 1. The minimum Gasteiger partial charge on any atom is -0.480 e. The summed E-state index contributed by atoms with van der Waals surface area (Å²) in [5.74, 6) is -4.90. The summed E-state index contributed by atoms with van der Waals surface area (Å²) in [6, 6.07) is -4.02. The van der Waals surface area contributed by atoms with Crippen LogP contribution < -0.4 is 27.4 Å². The average molecular weight is 379 g/mol. The second-order valence-electron chi connectivity index (χ2n) is 4.88. The first-order valence-corrected chi connectivity index (χ1v) is 7.61. The summed E-state index contributed by atoms with van der Waals surface area (Å²) in [5, 5.41) is 23.9. The van der Waals surface area contributed by atoms with Gasteiger partial charge < -0.3 is 37.6 Å². The van der Waals surface area contributed by atoms with Crippen molar-refractivity contribution in [1.29, 1.82) is 0 Å². The zero-order valence-corrected chi connectivity index (χ0v) is 14.0. The quantitative estimate of drug-likeness (QED) is 0.163. The Hall–Kier alpha value is -2.38. The molecule has 13 heteroatoms. The van der Waals surface area contributed by atoms with Crippen LogP contribution in [0.4, 0.5) is 0 Å². The molecule has 0 fully saturated rings. The van der Waals surface area contributed by atoms with E-state index in [2.05, 4.69) is 23.3 Å². The Balaban J connectivity index is 4.78. The number of carbonyl (C=O) groups excluding carboxylic acids is 4. The van der Waals surface area contributed by atoms with Gasteiger partial charge in [0.15, 0.2) is 0 Å². The lowest BCUT2D eigenvalue weighted by Crippen LogP contribution is -2.55. The maximum atomic E-state index is 12.0. The van der Waals surface area contributed by atoms with E-state index in [9.17, 15) is 24.0 Å². The lowest BCUT2D eigenvalue weighted by Gasteiger charge is -2.20. The highest BCUT2D eigenvalue weighted by molar-refractivity contribution is 7.80. The highest BCUT2D eigenvalue weighted by Gasteiger charge is 2.27. The molecule has 0 aliphatic rings. The summed E-state index contributed by atoms with van der Waals surface area (Å²) in [6.45, 7) is -1.43. The molecule has 25 heavy (non-hydrogen) atoms. The van der Waals surface area contributed by atoms with Crippen LogP contribution >= 0.6 is 12.6 Å². The minimum atomic E-state index is -1.62. The van der Waals surface area contributed by atoms with E-state index < -0.39 is 67.3 Å². The summed E-state index contributed by atoms with van der Waals surface area (Å²) >= 11 is 3.82. The lowest BCUT2D eigenvalue weighted by atomic mass is 10.1. The number of aliphatic hydroxyl groups is 1. The fraction of sp³-hybridized carbons (Fsp3) is 0.583. The molecular formula is C12H21N5O7S. The third-order valence-corrected chi connectivity index (χ3v) is 3.20. The lowest BCUT2D eigenvalue weighted by molar-refractivity contribution is -0.143. The van der Waals surface area contributed by atoms with Crippen LogP contribution in [0.5, 0.6) is 0 Å². The molecule has 0 aromatic rings. The van der Waals surface area contributed by atoms with Gasteiger partial charge in [-0.05, 0) is 0 Å². The van der Waals surface area contributed by atoms with Crippen LogP contribution in [-0.4, -0.2) is 76.8 Å². The number of amides is 4. The van der Waals surface area contributed by atoms with E-state index in [1.54, 1.807) is 0 Å². The van der Waals surface area contributed by atoms with Crippen molar-refractivity contribution in [3.05, 3.63) is 0 Å². The molecule has 12 nitrogen and oxygen atoms in total. The summed E-state index contributed by atoms with van der Waals surface area (Å²) < 4.78 is 0.